The van der Waals surface area contributed by atoms with Gasteiger partial charge in [-0.15, -0.1) is 18.3 Å². The Hall–Kier alpha value is -5.31. The Kier molecular flexibility index (Phi) is 8.42. The van der Waals surface area contributed by atoms with Crippen LogP contribution in [0.4, 0.5) is 34.7 Å². The number of urea groups is 1. The highest BCUT2D eigenvalue weighted by Gasteiger charge is 2.32. The molecular weight excluding hydrogens is 609 g/mol. The fraction of sp³-hybridized carbons (Fsp3) is 0.200. The van der Waals surface area contributed by atoms with E-state index in [0.717, 1.165) is 36.2 Å². The molecule has 3 amide bonds. The third-order valence-electron chi connectivity index (χ3n) is 7.03. The number of fused-ring (bicyclic) bond motifs is 1. The molecule has 230 valence electrons. The molecule has 0 fully saturated rings. The van der Waals surface area contributed by atoms with Crippen molar-refractivity contribution in [2.24, 2.45) is 0 Å². The third-order valence-corrected chi connectivity index (χ3v) is 8.03. The van der Waals surface area contributed by atoms with Crippen molar-refractivity contribution in [3.8, 4) is 5.75 Å². The smallest absolute Gasteiger partial charge is 0.404 e. The van der Waals surface area contributed by atoms with E-state index in [1.165, 1.54) is 35.1 Å². The first-order valence-electron chi connectivity index (χ1n) is 13.9. The van der Waals surface area contributed by atoms with E-state index in [-0.39, 0.29) is 27.8 Å². The lowest BCUT2D eigenvalue weighted by atomic mass is 9.93. The number of carbonyl (C=O) groups excluding carboxylic acids is 2. The summed E-state index contributed by atoms with van der Waals surface area (Å²) in [5.74, 6) is -0.799. The molecule has 1 aliphatic rings. The summed E-state index contributed by atoms with van der Waals surface area (Å²) >= 11 is 0.876. The van der Waals surface area contributed by atoms with E-state index in [1.807, 2.05) is 24.3 Å². The van der Waals surface area contributed by atoms with Crippen LogP contribution < -0.4 is 20.3 Å². The molecule has 5 aromatic rings. The zero-order valence-corrected chi connectivity index (χ0v) is 24.3. The molecule has 0 aliphatic heterocycles. The van der Waals surface area contributed by atoms with Crippen molar-refractivity contribution in [1.29, 1.82) is 0 Å². The van der Waals surface area contributed by atoms with Gasteiger partial charge < -0.3 is 4.74 Å². The maximum Gasteiger partial charge on any atom is 0.573 e. The number of hydrogen-bond donors (Lipinski definition) is 3. The van der Waals surface area contributed by atoms with Crippen LogP contribution in [0.1, 0.15) is 47.2 Å². The average molecular weight is 635 g/mol. The highest BCUT2D eigenvalue weighted by Crippen LogP contribution is 2.37. The van der Waals surface area contributed by atoms with Crippen LogP contribution in [0, 0.1) is 0 Å². The van der Waals surface area contributed by atoms with Crippen molar-refractivity contribution in [3.63, 3.8) is 0 Å². The Morgan fingerprint density at radius 1 is 1.00 bits per heavy atom. The van der Waals surface area contributed by atoms with E-state index < -0.39 is 24.1 Å². The van der Waals surface area contributed by atoms with Crippen molar-refractivity contribution in [3.05, 3.63) is 89.5 Å². The summed E-state index contributed by atoms with van der Waals surface area (Å²) in [6.07, 6.45) is 1.69. The van der Waals surface area contributed by atoms with E-state index >= 15 is 0 Å². The molecule has 6 rings (SSSR count). The van der Waals surface area contributed by atoms with Gasteiger partial charge in [0.25, 0.3) is 11.9 Å². The summed E-state index contributed by atoms with van der Waals surface area (Å²) in [5, 5.41) is 18.4. The van der Waals surface area contributed by atoms with Crippen LogP contribution in [0.15, 0.2) is 72.8 Å². The standard InChI is InChI=1S/C30H25F3N8O3S/c31-30(32,33)44-24-8-4-7-23-25(24)45-28(34-23)36-29(43)41(22-15-13-20(14-16-22)19-5-2-1-3-6-19)17-18-9-11-21(12-10-18)26(42)35-27-37-39-40-38-27/h4-5,7-16H,1-3,6,17H2,(H,34,36,43)(H2,35,37,38,39,40,42). The first-order chi connectivity index (χ1) is 21.7. The van der Waals surface area contributed by atoms with Crippen LogP contribution >= 0.6 is 11.3 Å². The fourth-order valence-corrected chi connectivity index (χ4v) is 5.81. The molecule has 45 heavy (non-hydrogen) atoms. The minimum Gasteiger partial charge on any atom is -0.404 e. The van der Waals surface area contributed by atoms with E-state index in [4.69, 9.17) is 0 Å². The van der Waals surface area contributed by atoms with Crippen LogP contribution in [0.2, 0.25) is 0 Å². The highest BCUT2D eigenvalue weighted by molar-refractivity contribution is 7.22. The molecule has 15 heteroatoms. The highest BCUT2D eigenvalue weighted by atomic mass is 32.1. The lowest BCUT2D eigenvalue weighted by Crippen LogP contribution is -2.34. The number of alkyl halides is 3. The van der Waals surface area contributed by atoms with Crippen molar-refractivity contribution in [2.45, 2.75) is 38.6 Å². The van der Waals surface area contributed by atoms with Gasteiger partial charge in [0.2, 0.25) is 0 Å². The number of hydrogen-bond acceptors (Lipinski definition) is 8. The number of carbonyl (C=O) groups is 2. The normalized spacial score (nSPS) is 13.3. The first kappa shape index (κ1) is 29.7. The predicted octanol–water partition coefficient (Wildman–Crippen LogP) is 7.16. The summed E-state index contributed by atoms with van der Waals surface area (Å²) < 4.78 is 43.1. The van der Waals surface area contributed by atoms with Crippen molar-refractivity contribution in [1.82, 2.24) is 25.6 Å². The van der Waals surface area contributed by atoms with Gasteiger partial charge in [-0.25, -0.2) is 9.78 Å². The number of halogens is 3. The van der Waals surface area contributed by atoms with Crippen LogP contribution in [0.5, 0.6) is 5.75 Å². The maximum atomic E-state index is 13.7. The molecule has 2 heterocycles. The molecule has 3 aromatic carbocycles. The molecule has 2 aromatic heterocycles. The van der Waals surface area contributed by atoms with E-state index in [1.54, 1.807) is 24.3 Å². The maximum absolute atomic E-state index is 13.7. The zero-order chi connectivity index (χ0) is 31.4. The van der Waals surface area contributed by atoms with Crippen molar-refractivity contribution >= 4 is 55.8 Å². The second-order valence-corrected chi connectivity index (χ2v) is 11.1. The quantitative estimate of drug-likeness (QED) is 0.165. The Labute approximate surface area is 258 Å². The topological polar surface area (TPSA) is 138 Å². The SMILES string of the molecule is O=C(Nc1nn[nH]n1)c1ccc(CN(C(=O)Nc2nc3cccc(OC(F)(F)F)c3s2)c2ccc(C3=CCCCC3)cc2)cc1. The van der Waals surface area contributed by atoms with E-state index in [9.17, 15) is 22.8 Å². The Morgan fingerprint density at radius 3 is 2.49 bits per heavy atom. The number of H-pyrrole nitrogens is 1. The van der Waals surface area contributed by atoms with Crippen LogP contribution in [-0.2, 0) is 6.54 Å². The van der Waals surface area contributed by atoms with Gasteiger partial charge in [-0.2, -0.15) is 5.21 Å². The Morgan fingerprint density at radius 2 is 1.80 bits per heavy atom. The minimum absolute atomic E-state index is 0.0336. The summed E-state index contributed by atoms with van der Waals surface area (Å²) in [6.45, 7) is 0.119. The second-order valence-electron chi connectivity index (χ2n) is 10.1. The predicted molar refractivity (Wildman–Crippen MR) is 163 cm³/mol. The first-order valence-corrected chi connectivity index (χ1v) is 14.7. The lowest BCUT2D eigenvalue weighted by molar-refractivity contribution is -0.274. The van der Waals surface area contributed by atoms with Crippen LogP contribution in [0.25, 0.3) is 15.8 Å². The number of rotatable bonds is 8. The number of aromatic nitrogens is 5. The van der Waals surface area contributed by atoms with Gasteiger partial charge in [0.1, 0.15) is 5.75 Å². The number of tetrazole rings is 1. The van der Waals surface area contributed by atoms with Gasteiger partial charge in [0.05, 0.1) is 16.8 Å². The average Bonchev–Trinajstić information content (AvgIpc) is 3.70. The number of nitrogens with zero attached hydrogens (tertiary/aromatic N) is 5. The minimum atomic E-state index is -4.87. The monoisotopic (exact) mass is 634 g/mol. The molecule has 0 atom stereocenters. The van der Waals surface area contributed by atoms with Gasteiger partial charge >= 0.3 is 12.4 Å². The number of ether oxygens (including phenoxy) is 1. The summed E-state index contributed by atoms with van der Waals surface area (Å²) in [6, 6.07) is 17.9. The molecule has 3 N–H and O–H groups in total. The zero-order valence-electron chi connectivity index (χ0n) is 23.5. The lowest BCUT2D eigenvalue weighted by Gasteiger charge is -2.23. The molecule has 0 saturated heterocycles. The largest absolute Gasteiger partial charge is 0.573 e. The summed E-state index contributed by atoms with van der Waals surface area (Å²) in [7, 11) is 0. The number of anilines is 3. The third kappa shape index (κ3) is 7.26. The van der Waals surface area contributed by atoms with E-state index in [2.05, 4.69) is 47.1 Å². The number of nitrogens with one attached hydrogen (secondary N) is 3. The molecule has 0 bridgehead atoms. The van der Waals surface area contributed by atoms with Crippen LogP contribution in [-0.4, -0.2) is 43.9 Å². The van der Waals surface area contributed by atoms with Crippen LogP contribution in [0.3, 0.4) is 0 Å². The van der Waals surface area contributed by atoms with Gasteiger partial charge in [0.15, 0.2) is 5.13 Å². The number of aromatic amines is 1. The Bertz CT molecular complexity index is 1840. The van der Waals surface area contributed by atoms with E-state index in [0.29, 0.717) is 16.8 Å². The summed E-state index contributed by atoms with van der Waals surface area (Å²) in [4.78, 5) is 32.0. The number of thiazole rings is 1. The van der Waals surface area contributed by atoms with Gasteiger partial charge in [-0.3, -0.25) is 20.3 Å². The molecular formula is C30H25F3N8O3S. The summed E-state index contributed by atoms with van der Waals surface area (Å²) in [5.41, 5.74) is 4.25. The molecule has 1 aliphatic carbocycles. The van der Waals surface area contributed by atoms with Crippen molar-refractivity contribution in [2.75, 3.05) is 15.5 Å². The number of benzene rings is 3. The van der Waals surface area contributed by atoms with Gasteiger partial charge in [-0.1, -0.05) is 52.8 Å². The van der Waals surface area contributed by atoms with Gasteiger partial charge in [0, 0.05) is 11.3 Å². The molecule has 11 nitrogen and oxygen atoms in total. The molecule has 0 unspecified atom stereocenters. The number of allylic oxidation sites excluding steroid dienone is 2. The van der Waals surface area contributed by atoms with Crippen molar-refractivity contribution < 1.29 is 27.5 Å². The molecule has 0 saturated carbocycles. The Balaban J connectivity index is 1.25. The fourth-order valence-electron chi connectivity index (χ4n) is 4.91. The number of amides is 3. The molecule has 0 spiro atoms. The molecule has 0 radical (unpaired) electrons. The second kappa shape index (κ2) is 12.7. The van der Waals surface area contributed by atoms with Gasteiger partial charge in [-0.05, 0) is 84.0 Å².